The van der Waals surface area contributed by atoms with E-state index in [-0.39, 0.29) is 17.7 Å². The molecule has 0 aliphatic heterocycles. The van der Waals surface area contributed by atoms with Crippen LogP contribution in [0.5, 0.6) is 0 Å². The molecule has 0 spiro atoms. The van der Waals surface area contributed by atoms with Crippen molar-refractivity contribution in [3.05, 3.63) is 41.7 Å². The van der Waals surface area contributed by atoms with Gasteiger partial charge in [0.1, 0.15) is 5.76 Å². The van der Waals surface area contributed by atoms with Crippen molar-refractivity contribution in [2.45, 2.75) is 18.2 Å². The van der Waals surface area contributed by atoms with Crippen LogP contribution in [0.2, 0.25) is 0 Å². The summed E-state index contributed by atoms with van der Waals surface area (Å²) in [7, 11) is 0. The molecule has 0 aromatic carbocycles. The molecular formula is C14H13N3O3S2. The number of carbonyl (C=O) groups is 1. The molecule has 0 bridgehead atoms. The molecular weight excluding hydrogens is 322 g/mol. The summed E-state index contributed by atoms with van der Waals surface area (Å²) in [5.74, 6) is 1.28. The number of nitrogens with one attached hydrogen (secondary N) is 1. The van der Waals surface area contributed by atoms with Crippen LogP contribution in [-0.4, -0.2) is 21.9 Å². The zero-order chi connectivity index (χ0) is 15.4. The second-order valence-electron chi connectivity index (χ2n) is 4.44. The van der Waals surface area contributed by atoms with Crippen molar-refractivity contribution in [3.8, 4) is 10.8 Å². The average Bonchev–Trinajstić information content (AvgIpc) is 3.25. The Bertz CT molecular complexity index is 722. The Balaban J connectivity index is 1.51. The minimum Gasteiger partial charge on any atom is -0.467 e. The van der Waals surface area contributed by atoms with E-state index in [9.17, 15) is 4.79 Å². The van der Waals surface area contributed by atoms with Crippen LogP contribution in [-0.2, 0) is 4.79 Å². The lowest BCUT2D eigenvalue weighted by Crippen LogP contribution is -2.27. The highest BCUT2D eigenvalue weighted by Crippen LogP contribution is 2.26. The van der Waals surface area contributed by atoms with E-state index >= 15 is 0 Å². The number of carbonyl (C=O) groups excluding carboxylic acids is 1. The quantitative estimate of drug-likeness (QED) is 0.696. The van der Waals surface area contributed by atoms with Gasteiger partial charge in [-0.2, -0.15) is 0 Å². The van der Waals surface area contributed by atoms with Gasteiger partial charge < -0.3 is 14.2 Å². The van der Waals surface area contributed by atoms with Crippen molar-refractivity contribution < 1.29 is 13.6 Å². The van der Waals surface area contributed by atoms with Gasteiger partial charge in [-0.05, 0) is 30.5 Å². The molecule has 22 heavy (non-hydrogen) atoms. The van der Waals surface area contributed by atoms with E-state index in [1.165, 1.54) is 23.1 Å². The molecule has 0 aliphatic rings. The van der Waals surface area contributed by atoms with E-state index in [0.717, 1.165) is 10.6 Å². The summed E-state index contributed by atoms with van der Waals surface area (Å²) in [4.78, 5) is 12.8. The first-order valence-corrected chi connectivity index (χ1v) is 8.42. The Labute approximate surface area is 134 Å². The van der Waals surface area contributed by atoms with Crippen LogP contribution >= 0.6 is 23.1 Å². The molecule has 3 aromatic rings. The zero-order valence-electron chi connectivity index (χ0n) is 11.7. The summed E-state index contributed by atoms with van der Waals surface area (Å²) < 4.78 is 10.8. The molecule has 0 radical (unpaired) electrons. The van der Waals surface area contributed by atoms with Crippen LogP contribution in [0.3, 0.4) is 0 Å². The van der Waals surface area contributed by atoms with E-state index < -0.39 is 0 Å². The topological polar surface area (TPSA) is 81.2 Å². The number of amides is 1. The van der Waals surface area contributed by atoms with Crippen molar-refractivity contribution in [1.82, 2.24) is 15.5 Å². The van der Waals surface area contributed by atoms with Gasteiger partial charge in [0.05, 0.1) is 22.9 Å². The van der Waals surface area contributed by atoms with Gasteiger partial charge in [0.15, 0.2) is 0 Å². The molecule has 0 saturated carbocycles. The molecule has 1 amide bonds. The predicted octanol–water partition coefficient (Wildman–Crippen LogP) is 3.36. The summed E-state index contributed by atoms with van der Waals surface area (Å²) in [6.07, 6.45) is 1.58. The summed E-state index contributed by atoms with van der Waals surface area (Å²) in [5, 5.41) is 13.1. The van der Waals surface area contributed by atoms with E-state index in [4.69, 9.17) is 8.83 Å². The molecule has 3 aromatic heterocycles. The molecule has 3 heterocycles. The van der Waals surface area contributed by atoms with Crippen LogP contribution in [0, 0.1) is 0 Å². The normalized spacial score (nSPS) is 12.2. The fraction of sp³-hybridized carbons (Fsp3) is 0.214. The molecule has 8 heteroatoms. The Morgan fingerprint density at radius 2 is 2.32 bits per heavy atom. The number of nitrogens with zero attached hydrogens (tertiary/aromatic N) is 2. The van der Waals surface area contributed by atoms with Crippen LogP contribution in [0.1, 0.15) is 18.7 Å². The van der Waals surface area contributed by atoms with Gasteiger partial charge in [0.2, 0.25) is 5.91 Å². The first kappa shape index (κ1) is 14.9. The van der Waals surface area contributed by atoms with Gasteiger partial charge in [0.25, 0.3) is 11.1 Å². The summed E-state index contributed by atoms with van der Waals surface area (Å²) >= 11 is 2.73. The zero-order valence-corrected chi connectivity index (χ0v) is 13.3. The largest absolute Gasteiger partial charge is 0.467 e. The van der Waals surface area contributed by atoms with E-state index in [1.54, 1.807) is 12.3 Å². The van der Waals surface area contributed by atoms with Crippen molar-refractivity contribution >= 4 is 29.0 Å². The molecule has 0 fully saturated rings. The second kappa shape index (κ2) is 6.80. The van der Waals surface area contributed by atoms with E-state index in [0.29, 0.717) is 11.1 Å². The van der Waals surface area contributed by atoms with Gasteiger partial charge >= 0.3 is 0 Å². The number of hydrogen-bond donors (Lipinski definition) is 1. The molecule has 6 nitrogen and oxygen atoms in total. The van der Waals surface area contributed by atoms with E-state index in [2.05, 4.69) is 15.5 Å². The first-order valence-electron chi connectivity index (χ1n) is 6.55. The number of thiophene rings is 1. The lowest BCUT2D eigenvalue weighted by Gasteiger charge is -2.10. The average molecular weight is 335 g/mol. The SMILES string of the molecule is C[C@@H](NC(=O)CSc1nnc(-c2cccs2)o1)c1ccco1. The van der Waals surface area contributed by atoms with E-state index in [1.807, 2.05) is 30.5 Å². The second-order valence-corrected chi connectivity index (χ2v) is 6.32. The van der Waals surface area contributed by atoms with Crippen LogP contribution in [0.25, 0.3) is 10.8 Å². The van der Waals surface area contributed by atoms with Crippen molar-refractivity contribution in [2.75, 3.05) is 5.75 Å². The minimum atomic E-state index is -0.174. The highest BCUT2D eigenvalue weighted by atomic mass is 32.2. The van der Waals surface area contributed by atoms with Gasteiger partial charge in [-0.15, -0.1) is 21.5 Å². The van der Waals surface area contributed by atoms with Gasteiger partial charge in [0, 0.05) is 0 Å². The van der Waals surface area contributed by atoms with Gasteiger partial charge in [-0.1, -0.05) is 17.8 Å². The molecule has 0 saturated heterocycles. The van der Waals surface area contributed by atoms with Crippen LogP contribution < -0.4 is 5.32 Å². The Morgan fingerprint density at radius 3 is 3.05 bits per heavy atom. The van der Waals surface area contributed by atoms with Crippen LogP contribution in [0.15, 0.2) is 50.0 Å². The number of furan rings is 1. The highest BCUT2D eigenvalue weighted by molar-refractivity contribution is 7.99. The fourth-order valence-electron chi connectivity index (χ4n) is 1.79. The Hall–Kier alpha value is -2.06. The first-order chi connectivity index (χ1) is 10.7. The molecule has 3 rings (SSSR count). The van der Waals surface area contributed by atoms with Crippen molar-refractivity contribution in [1.29, 1.82) is 0 Å². The monoisotopic (exact) mass is 335 g/mol. The molecule has 0 unspecified atom stereocenters. The third-order valence-corrected chi connectivity index (χ3v) is 4.49. The molecule has 1 atom stereocenters. The number of rotatable bonds is 6. The highest BCUT2D eigenvalue weighted by Gasteiger charge is 2.14. The molecule has 0 aliphatic carbocycles. The van der Waals surface area contributed by atoms with Gasteiger partial charge in [-0.25, -0.2) is 0 Å². The molecule has 1 N–H and O–H groups in total. The smallest absolute Gasteiger partial charge is 0.277 e. The maximum Gasteiger partial charge on any atom is 0.277 e. The molecule has 114 valence electrons. The Morgan fingerprint density at radius 1 is 1.41 bits per heavy atom. The maximum atomic E-state index is 11.9. The lowest BCUT2D eigenvalue weighted by molar-refractivity contribution is -0.119. The fourth-order valence-corrected chi connectivity index (χ4v) is 3.01. The summed E-state index contributed by atoms with van der Waals surface area (Å²) in [5.41, 5.74) is 0. The standard InChI is InChI=1S/C14H13N3O3S2/c1-9(10-4-2-6-19-10)15-12(18)8-22-14-17-16-13(20-14)11-5-3-7-21-11/h2-7,9H,8H2,1H3,(H,15,18)/t9-/m1/s1. The Kier molecular flexibility index (Phi) is 4.59. The van der Waals surface area contributed by atoms with Crippen molar-refractivity contribution in [2.24, 2.45) is 0 Å². The predicted molar refractivity (Wildman–Crippen MR) is 83.6 cm³/mol. The number of hydrogen-bond acceptors (Lipinski definition) is 7. The maximum absolute atomic E-state index is 11.9. The number of aromatic nitrogens is 2. The lowest BCUT2D eigenvalue weighted by atomic mass is 10.2. The van der Waals surface area contributed by atoms with Gasteiger partial charge in [-0.3, -0.25) is 4.79 Å². The summed E-state index contributed by atoms with van der Waals surface area (Å²) in [6.45, 7) is 1.86. The number of thioether (sulfide) groups is 1. The van der Waals surface area contributed by atoms with Crippen molar-refractivity contribution in [3.63, 3.8) is 0 Å². The summed E-state index contributed by atoms with van der Waals surface area (Å²) in [6, 6.07) is 7.26. The third-order valence-electron chi connectivity index (χ3n) is 2.81. The minimum absolute atomic E-state index is 0.121. The van der Waals surface area contributed by atoms with Crippen LogP contribution in [0.4, 0.5) is 0 Å². The third kappa shape index (κ3) is 3.58.